The van der Waals surface area contributed by atoms with Gasteiger partial charge in [0.15, 0.2) is 0 Å². The van der Waals surface area contributed by atoms with E-state index < -0.39 is 0 Å². The molecule has 0 spiro atoms. The lowest BCUT2D eigenvalue weighted by Crippen LogP contribution is -1.78. The predicted octanol–water partition coefficient (Wildman–Crippen LogP) is 2.55. The Labute approximate surface area is 99.4 Å². The number of hydrogen-bond acceptors (Lipinski definition) is 3. The summed E-state index contributed by atoms with van der Waals surface area (Å²) in [6, 6.07) is 9.73. The van der Waals surface area contributed by atoms with Crippen LogP contribution in [0.25, 0.3) is 11.1 Å². The molecule has 0 fully saturated rings. The van der Waals surface area contributed by atoms with E-state index in [1.807, 2.05) is 36.5 Å². The van der Waals surface area contributed by atoms with Gasteiger partial charge in [-0.15, -0.1) is 0 Å². The molecule has 0 unspecified atom stereocenters. The van der Waals surface area contributed by atoms with E-state index in [4.69, 9.17) is 0 Å². The average molecular weight is 224 g/mol. The maximum Gasteiger partial charge on any atom is 0.0487 e. The number of nitrogens with one attached hydrogen (secondary N) is 1. The fourth-order valence-corrected chi connectivity index (χ4v) is 1.29. The standard InChI is InChI=1S/C10H8N2.C3H4N2/c1-2-10(8-12-5-1)9-3-6-11-7-4-9;1-2-4-5-3-1/h1-8H;1-3H,(H,4,5). The van der Waals surface area contributed by atoms with Crippen LogP contribution in [0.15, 0.2) is 67.5 Å². The summed E-state index contributed by atoms with van der Waals surface area (Å²) < 4.78 is 0. The Balaban J connectivity index is 0.000000181. The van der Waals surface area contributed by atoms with Gasteiger partial charge in [-0.3, -0.25) is 15.1 Å². The number of nitrogens with zero attached hydrogens (tertiary/aromatic N) is 3. The highest BCUT2D eigenvalue weighted by Gasteiger charge is 1.93. The van der Waals surface area contributed by atoms with Gasteiger partial charge in [0.2, 0.25) is 0 Å². The number of hydrogen-bond donors (Lipinski definition) is 1. The molecule has 3 aromatic rings. The van der Waals surface area contributed by atoms with E-state index in [1.165, 1.54) is 0 Å². The molecule has 3 aromatic heterocycles. The molecule has 4 heteroatoms. The molecule has 0 saturated carbocycles. The second-order valence-corrected chi connectivity index (χ2v) is 3.24. The lowest BCUT2D eigenvalue weighted by Gasteiger charge is -1.97. The van der Waals surface area contributed by atoms with Crippen LogP contribution in [0.3, 0.4) is 0 Å². The van der Waals surface area contributed by atoms with Crippen LogP contribution in [0, 0.1) is 0 Å². The molecule has 0 aliphatic rings. The van der Waals surface area contributed by atoms with Crippen LogP contribution in [-0.2, 0) is 0 Å². The van der Waals surface area contributed by atoms with Crippen molar-refractivity contribution in [3.63, 3.8) is 0 Å². The molecule has 0 aliphatic heterocycles. The highest BCUT2D eigenvalue weighted by Crippen LogP contribution is 2.15. The van der Waals surface area contributed by atoms with Gasteiger partial charge in [0, 0.05) is 42.7 Å². The van der Waals surface area contributed by atoms with E-state index in [1.54, 1.807) is 31.0 Å². The Morgan fingerprint density at radius 2 is 1.65 bits per heavy atom. The van der Waals surface area contributed by atoms with E-state index in [-0.39, 0.29) is 0 Å². The minimum atomic E-state index is 1.12. The number of H-pyrrole nitrogens is 1. The van der Waals surface area contributed by atoms with Crippen molar-refractivity contribution < 1.29 is 0 Å². The maximum atomic E-state index is 4.04. The van der Waals surface area contributed by atoms with Crippen molar-refractivity contribution in [1.29, 1.82) is 0 Å². The summed E-state index contributed by atoms with van der Waals surface area (Å²) in [6.07, 6.45) is 10.6. The van der Waals surface area contributed by atoms with Crippen molar-refractivity contribution in [3.05, 3.63) is 67.5 Å². The molecule has 0 saturated heterocycles. The molecule has 0 atom stereocenters. The fourth-order valence-electron chi connectivity index (χ4n) is 1.29. The second-order valence-electron chi connectivity index (χ2n) is 3.24. The molecular weight excluding hydrogens is 212 g/mol. The van der Waals surface area contributed by atoms with E-state index in [0.717, 1.165) is 11.1 Å². The number of aromatic nitrogens is 4. The summed E-state index contributed by atoms with van der Waals surface area (Å²) in [4.78, 5) is 7.99. The summed E-state index contributed by atoms with van der Waals surface area (Å²) >= 11 is 0. The van der Waals surface area contributed by atoms with Crippen LogP contribution >= 0.6 is 0 Å². The predicted molar refractivity (Wildman–Crippen MR) is 66.1 cm³/mol. The van der Waals surface area contributed by atoms with Gasteiger partial charge in [-0.2, -0.15) is 5.10 Å². The highest BCUT2D eigenvalue weighted by molar-refractivity contribution is 5.61. The first-order chi connectivity index (χ1) is 8.47. The van der Waals surface area contributed by atoms with E-state index >= 15 is 0 Å². The third-order valence-corrected chi connectivity index (χ3v) is 2.08. The number of aromatic amines is 1. The lowest BCUT2D eigenvalue weighted by molar-refractivity contribution is 1.09. The second kappa shape index (κ2) is 6.17. The van der Waals surface area contributed by atoms with Crippen LogP contribution in [0.4, 0.5) is 0 Å². The van der Waals surface area contributed by atoms with Crippen LogP contribution in [-0.4, -0.2) is 20.2 Å². The highest BCUT2D eigenvalue weighted by atomic mass is 15.1. The van der Waals surface area contributed by atoms with E-state index in [2.05, 4.69) is 20.2 Å². The molecule has 0 radical (unpaired) electrons. The topological polar surface area (TPSA) is 54.5 Å². The first-order valence-corrected chi connectivity index (χ1v) is 5.21. The van der Waals surface area contributed by atoms with Gasteiger partial charge in [0.25, 0.3) is 0 Å². The summed E-state index contributed by atoms with van der Waals surface area (Å²) in [5.74, 6) is 0. The number of pyridine rings is 2. The van der Waals surface area contributed by atoms with Crippen molar-refractivity contribution >= 4 is 0 Å². The Hall–Kier alpha value is -2.49. The third-order valence-electron chi connectivity index (χ3n) is 2.08. The SMILES string of the molecule is c1cn[nH]c1.c1cncc(-c2ccncc2)c1. The summed E-state index contributed by atoms with van der Waals surface area (Å²) in [7, 11) is 0. The molecule has 84 valence electrons. The smallest absolute Gasteiger partial charge is 0.0487 e. The zero-order valence-corrected chi connectivity index (χ0v) is 9.19. The monoisotopic (exact) mass is 224 g/mol. The summed E-state index contributed by atoms with van der Waals surface area (Å²) in [6.45, 7) is 0. The van der Waals surface area contributed by atoms with Crippen molar-refractivity contribution in [3.8, 4) is 11.1 Å². The van der Waals surface area contributed by atoms with E-state index in [0.29, 0.717) is 0 Å². The van der Waals surface area contributed by atoms with Crippen molar-refractivity contribution in [2.45, 2.75) is 0 Å². The van der Waals surface area contributed by atoms with Gasteiger partial charge in [0.05, 0.1) is 0 Å². The van der Waals surface area contributed by atoms with Gasteiger partial charge in [0.1, 0.15) is 0 Å². The average Bonchev–Trinajstić information content (AvgIpc) is 3.00. The van der Waals surface area contributed by atoms with Crippen LogP contribution in [0.5, 0.6) is 0 Å². The van der Waals surface area contributed by atoms with Crippen molar-refractivity contribution in [2.24, 2.45) is 0 Å². The number of rotatable bonds is 1. The molecule has 0 aliphatic carbocycles. The summed E-state index contributed by atoms with van der Waals surface area (Å²) in [5, 5.41) is 6.21. The van der Waals surface area contributed by atoms with Gasteiger partial charge < -0.3 is 0 Å². The Kier molecular flexibility index (Phi) is 4.00. The Morgan fingerprint density at radius 3 is 2.18 bits per heavy atom. The molecule has 0 aromatic carbocycles. The van der Waals surface area contributed by atoms with Gasteiger partial charge in [-0.1, -0.05) is 6.07 Å². The lowest BCUT2D eigenvalue weighted by atomic mass is 10.1. The van der Waals surface area contributed by atoms with Crippen molar-refractivity contribution in [2.75, 3.05) is 0 Å². The Morgan fingerprint density at radius 1 is 0.765 bits per heavy atom. The minimum absolute atomic E-state index is 1.12. The molecule has 4 nitrogen and oxygen atoms in total. The zero-order valence-electron chi connectivity index (χ0n) is 9.19. The quantitative estimate of drug-likeness (QED) is 0.691. The maximum absolute atomic E-state index is 4.04. The first-order valence-electron chi connectivity index (χ1n) is 5.21. The molecule has 1 N–H and O–H groups in total. The summed E-state index contributed by atoms with van der Waals surface area (Å²) in [5.41, 5.74) is 2.28. The molecule has 3 rings (SSSR count). The fraction of sp³-hybridized carbons (Fsp3) is 0. The van der Waals surface area contributed by atoms with Gasteiger partial charge in [-0.25, -0.2) is 0 Å². The molecule has 0 amide bonds. The Bertz CT molecular complexity index is 451. The minimum Gasteiger partial charge on any atom is -0.286 e. The van der Waals surface area contributed by atoms with E-state index in [9.17, 15) is 0 Å². The van der Waals surface area contributed by atoms with Gasteiger partial charge >= 0.3 is 0 Å². The largest absolute Gasteiger partial charge is 0.286 e. The molecule has 0 bridgehead atoms. The molecule has 3 heterocycles. The molecule has 17 heavy (non-hydrogen) atoms. The van der Waals surface area contributed by atoms with Crippen LogP contribution in [0.2, 0.25) is 0 Å². The van der Waals surface area contributed by atoms with Crippen LogP contribution in [0.1, 0.15) is 0 Å². The first kappa shape index (κ1) is 11.0. The zero-order chi connectivity index (χ0) is 11.8. The van der Waals surface area contributed by atoms with Gasteiger partial charge in [-0.05, 0) is 29.8 Å². The van der Waals surface area contributed by atoms with Crippen molar-refractivity contribution in [1.82, 2.24) is 20.2 Å². The third kappa shape index (κ3) is 3.53. The van der Waals surface area contributed by atoms with Crippen LogP contribution < -0.4 is 0 Å². The normalized spacial score (nSPS) is 9.18. The molecular formula is C13H12N4.